The van der Waals surface area contributed by atoms with Gasteiger partial charge in [-0.15, -0.1) is 0 Å². The van der Waals surface area contributed by atoms with Gasteiger partial charge in [-0.3, -0.25) is 4.79 Å². The third-order valence-electron chi connectivity index (χ3n) is 3.78. The smallest absolute Gasteiger partial charge is 0.159 e. The minimum atomic E-state index is 0.0697. The average molecular weight is 293 g/mol. The van der Waals surface area contributed by atoms with Gasteiger partial charge < -0.3 is 10.1 Å². The predicted molar refractivity (Wildman–Crippen MR) is 86.8 cm³/mol. The molecule has 3 rings (SSSR count). The Hall–Kier alpha value is -2.55. The van der Waals surface area contributed by atoms with E-state index in [9.17, 15) is 4.79 Å². The molecule has 112 valence electrons. The Bertz CT molecular complexity index is 674. The lowest BCUT2D eigenvalue weighted by atomic mass is 10.0. The molecule has 0 radical (unpaired) electrons. The van der Waals surface area contributed by atoms with Crippen LogP contribution < -0.4 is 10.1 Å². The first-order valence-corrected chi connectivity index (χ1v) is 7.48. The quantitative estimate of drug-likeness (QED) is 0.825. The lowest BCUT2D eigenvalue weighted by molar-refractivity contribution is 0.101. The van der Waals surface area contributed by atoms with Crippen molar-refractivity contribution in [2.75, 3.05) is 0 Å². The van der Waals surface area contributed by atoms with Gasteiger partial charge in [-0.25, -0.2) is 0 Å². The summed E-state index contributed by atoms with van der Waals surface area (Å²) in [5, 5.41) is 3.42. The molecule has 0 amide bonds. The zero-order chi connectivity index (χ0) is 15.4. The van der Waals surface area contributed by atoms with Gasteiger partial charge in [0.1, 0.15) is 11.9 Å². The number of rotatable bonds is 6. The highest BCUT2D eigenvalue weighted by molar-refractivity contribution is 5.94. The van der Waals surface area contributed by atoms with E-state index in [1.165, 1.54) is 5.56 Å². The van der Waals surface area contributed by atoms with E-state index < -0.39 is 0 Å². The van der Waals surface area contributed by atoms with E-state index in [0.717, 1.165) is 24.4 Å². The molecule has 0 bridgehead atoms. The van der Waals surface area contributed by atoms with Crippen LogP contribution in [-0.2, 0) is 6.54 Å². The molecule has 0 saturated heterocycles. The van der Waals surface area contributed by atoms with Gasteiger partial charge in [0.2, 0.25) is 0 Å². The third kappa shape index (κ3) is 3.37. The van der Waals surface area contributed by atoms with Crippen LogP contribution in [0.15, 0.2) is 66.4 Å². The molecule has 0 aliphatic heterocycles. The van der Waals surface area contributed by atoms with Gasteiger partial charge in [0.25, 0.3) is 0 Å². The van der Waals surface area contributed by atoms with E-state index in [2.05, 4.69) is 23.5 Å². The molecule has 0 fully saturated rings. The maximum atomic E-state index is 11.3. The minimum absolute atomic E-state index is 0.0697. The zero-order valence-electron chi connectivity index (χ0n) is 12.6. The summed E-state index contributed by atoms with van der Waals surface area (Å²) in [5.74, 6) is 0.863. The number of ether oxygens (including phenoxy) is 1. The van der Waals surface area contributed by atoms with E-state index in [1.54, 1.807) is 19.1 Å². The highest BCUT2D eigenvalue weighted by atomic mass is 16.5. The zero-order valence-corrected chi connectivity index (χ0v) is 12.6. The van der Waals surface area contributed by atoms with Gasteiger partial charge in [-0.2, -0.15) is 0 Å². The highest BCUT2D eigenvalue weighted by Gasteiger charge is 2.23. The third-order valence-corrected chi connectivity index (χ3v) is 3.78. The minimum Gasteiger partial charge on any atom is -0.484 e. The standard InChI is InChI=1S/C19H19NO2/c1-14(21)16-7-9-17(10-8-16)22-19-12-11-18(19)20-13-15-5-3-2-4-6-15/h2-11,19-20H,12-13H2,1H3/t19-/m0/s1. The van der Waals surface area contributed by atoms with Crippen molar-refractivity contribution in [2.24, 2.45) is 0 Å². The summed E-state index contributed by atoms with van der Waals surface area (Å²) in [6.45, 7) is 2.37. The Morgan fingerprint density at radius 3 is 2.45 bits per heavy atom. The van der Waals surface area contributed by atoms with Gasteiger partial charge in [-0.1, -0.05) is 36.4 Å². The van der Waals surface area contributed by atoms with E-state index >= 15 is 0 Å². The van der Waals surface area contributed by atoms with Crippen LogP contribution in [0.25, 0.3) is 0 Å². The fraction of sp³-hybridized carbons (Fsp3) is 0.211. The van der Waals surface area contributed by atoms with E-state index in [1.807, 2.05) is 30.3 Å². The molecule has 1 N–H and O–H groups in total. The molecule has 1 aliphatic carbocycles. The van der Waals surface area contributed by atoms with Crippen LogP contribution in [0.5, 0.6) is 5.75 Å². The van der Waals surface area contributed by atoms with Crippen LogP contribution in [-0.4, -0.2) is 11.9 Å². The average Bonchev–Trinajstić information content (AvgIpc) is 2.53. The van der Waals surface area contributed by atoms with Crippen LogP contribution in [0.1, 0.15) is 29.3 Å². The van der Waals surface area contributed by atoms with Gasteiger partial charge in [0.05, 0.1) is 0 Å². The first-order chi connectivity index (χ1) is 10.7. The van der Waals surface area contributed by atoms with Crippen LogP contribution in [0.2, 0.25) is 0 Å². The summed E-state index contributed by atoms with van der Waals surface area (Å²) in [6, 6.07) is 17.6. The first-order valence-electron chi connectivity index (χ1n) is 7.48. The summed E-state index contributed by atoms with van der Waals surface area (Å²) in [6.07, 6.45) is 3.13. The van der Waals surface area contributed by atoms with Crippen LogP contribution >= 0.6 is 0 Å². The fourth-order valence-electron chi connectivity index (χ4n) is 2.36. The first kappa shape index (κ1) is 14.4. The number of benzene rings is 2. The second kappa shape index (κ2) is 6.48. The number of hydrogen-bond acceptors (Lipinski definition) is 3. The Kier molecular flexibility index (Phi) is 4.24. The van der Waals surface area contributed by atoms with Crippen molar-refractivity contribution >= 4 is 5.78 Å². The molecule has 22 heavy (non-hydrogen) atoms. The number of ketones is 1. The summed E-state index contributed by atoms with van der Waals surface area (Å²) in [4.78, 5) is 11.3. The lowest BCUT2D eigenvalue weighted by Gasteiger charge is -2.29. The van der Waals surface area contributed by atoms with Gasteiger partial charge >= 0.3 is 0 Å². The predicted octanol–water partition coefficient (Wildman–Crippen LogP) is 3.71. The Balaban J connectivity index is 1.54. The SMILES string of the molecule is CC(=O)c1ccc(O[C@H]2CC=C2NCc2ccccc2)cc1. The van der Waals surface area contributed by atoms with Gasteiger partial charge in [0.15, 0.2) is 5.78 Å². The van der Waals surface area contributed by atoms with Crippen molar-refractivity contribution in [3.63, 3.8) is 0 Å². The summed E-state index contributed by atoms with van der Waals surface area (Å²) >= 11 is 0. The van der Waals surface area contributed by atoms with Crippen molar-refractivity contribution < 1.29 is 9.53 Å². The molecule has 0 aromatic heterocycles. The molecule has 0 unspecified atom stereocenters. The molecule has 2 aromatic carbocycles. The van der Waals surface area contributed by atoms with E-state index in [0.29, 0.717) is 5.56 Å². The van der Waals surface area contributed by atoms with Crippen molar-refractivity contribution in [2.45, 2.75) is 26.0 Å². The van der Waals surface area contributed by atoms with E-state index in [4.69, 9.17) is 4.74 Å². The molecule has 0 spiro atoms. The Labute approximate surface area is 130 Å². The van der Waals surface area contributed by atoms with E-state index in [-0.39, 0.29) is 11.9 Å². The monoisotopic (exact) mass is 293 g/mol. The molecule has 2 aromatic rings. The number of hydrogen-bond donors (Lipinski definition) is 1. The Morgan fingerprint density at radius 2 is 1.86 bits per heavy atom. The van der Waals surface area contributed by atoms with Gasteiger partial charge in [0, 0.05) is 24.2 Å². The molecule has 0 saturated carbocycles. The molecule has 3 nitrogen and oxygen atoms in total. The lowest BCUT2D eigenvalue weighted by Crippen LogP contribution is -2.34. The maximum Gasteiger partial charge on any atom is 0.159 e. The largest absolute Gasteiger partial charge is 0.484 e. The Morgan fingerprint density at radius 1 is 1.14 bits per heavy atom. The fourth-order valence-corrected chi connectivity index (χ4v) is 2.36. The summed E-state index contributed by atoms with van der Waals surface area (Å²) < 4.78 is 5.94. The summed E-state index contributed by atoms with van der Waals surface area (Å²) in [5.41, 5.74) is 3.08. The number of carbonyl (C=O) groups is 1. The van der Waals surface area contributed by atoms with Crippen LogP contribution in [0.4, 0.5) is 0 Å². The van der Waals surface area contributed by atoms with Crippen molar-refractivity contribution in [3.8, 4) is 5.75 Å². The maximum absolute atomic E-state index is 11.3. The molecule has 3 heteroatoms. The van der Waals surface area contributed by atoms with Crippen molar-refractivity contribution in [1.82, 2.24) is 5.32 Å². The second-order valence-electron chi connectivity index (χ2n) is 5.42. The van der Waals surface area contributed by atoms with Gasteiger partial charge in [-0.05, 0) is 36.8 Å². The highest BCUT2D eigenvalue weighted by Crippen LogP contribution is 2.24. The molecule has 0 heterocycles. The molecule has 1 atom stereocenters. The normalized spacial score (nSPS) is 16.4. The number of carbonyl (C=O) groups excluding carboxylic acids is 1. The second-order valence-corrected chi connectivity index (χ2v) is 5.42. The number of Topliss-reactive ketones (excluding diaryl/α,β-unsaturated/α-hetero) is 1. The topological polar surface area (TPSA) is 38.3 Å². The number of nitrogens with one attached hydrogen (secondary N) is 1. The molecular weight excluding hydrogens is 274 g/mol. The van der Waals surface area contributed by atoms with Crippen LogP contribution in [0.3, 0.4) is 0 Å². The van der Waals surface area contributed by atoms with Crippen LogP contribution in [0, 0.1) is 0 Å². The molecular formula is C19H19NO2. The van der Waals surface area contributed by atoms with Crippen molar-refractivity contribution in [1.29, 1.82) is 0 Å². The summed E-state index contributed by atoms with van der Waals surface area (Å²) in [7, 11) is 0. The van der Waals surface area contributed by atoms with Crippen molar-refractivity contribution in [3.05, 3.63) is 77.5 Å². The molecule has 1 aliphatic rings.